The Morgan fingerprint density at radius 2 is 0.661 bits per heavy atom. The molecule has 0 N–H and O–H groups in total. The molecule has 0 radical (unpaired) electrons. The Morgan fingerprint density at radius 3 is 1.08 bits per heavy atom. The summed E-state index contributed by atoms with van der Waals surface area (Å²) in [5, 5.41) is 0. The fourth-order valence-corrected chi connectivity index (χ4v) is 6.48. The average molecular weight is 823 g/mol. The summed E-state index contributed by atoms with van der Waals surface area (Å²) in [5.41, 5.74) is 0. The van der Waals surface area contributed by atoms with Crippen LogP contribution in [0.5, 0.6) is 0 Å². The van der Waals surface area contributed by atoms with Crippen LogP contribution in [0.4, 0.5) is 0 Å². The largest absolute Gasteiger partial charge is 0.462 e. The lowest BCUT2D eigenvalue weighted by Gasteiger charge is -2.18. The predicted octanol–water partition coefficient (Wildman–Crippen LogP) is 15.9. The molecule has 0 aliphatic heterocycles. The topological polar surface area (TPSA) is 78.9 Å². The van der Waals surface area contributed by atoms with Gasteiger partial charge in [0.15, 0.2) is 6.10 Å². The van der Waals surface area contributed by atoms with E-state index in [2.05, 4.69) is 93.7 Å². The van der Waals surface area contributed by atoms with Crippen molar-refractivity contribution in [3.8, 4) is 0 Å². The van der Waals surface area contributed by atoms with Gasteiger partial charge in [0.05, 0.1) is 0 Å². The molecule has 0 aromatic rings. The maximum atomic E-state index is 12.7. The van der Waals surface area contributed by atoms with Crippen LogP contribution in [0.15, 0.2) is 72.9 Å². The Kier molecular flexibility index (Phi) is 45.0. The van der Waals surface area contributed by atoms with Crippen molar-refractivity contribution in [2.45, 2.75) is 232 Å². The van der Waals surface area contributed by atoms with Crippen molar-refractivity contribution in [2.24, 2.45) is 0 Å². The highest BCUT2D eigenvalue weighted by molar-refractivity contribution is 5.71. The van der Waals surface area contributed by atoms with Crippen LogP contribution in [-0.4, -0.2) is 37.2 Å². The first-order valence-electron chi connectivity index (χ1n) is 24.4. The van der Waals surface area contributed by atoms with Crippen molar-refractivity contribution in [3.05, 3.63) is 72.9 Å². The molecule has 0 bridgehead atoms. The second kappa shape index (κ2) is 47.5. The number of carbonyl (C=O) groups is 3. The molecule has 0 heterocycles. The van der Waals surface area contributed by atoms with Crippen LogP contribution in [0, 0.1) is 0 Å². The molecule has 59 heavy (non-hydrogen) atoms. The number of unbranched alkanes of at least 4 members (excludes halogenated alkanes) is 20. The van der Waals surface area contributed by atoms with Gasteiger partial charge in [-0.05, 0) is 109 Å². The first-order valence-corrected chi connectivity index (χ1v) is 24.4. The molecule has 0 atom stereocenters. The lowest BCUT2D eigenvalue weighted by Crippen LogP contribution is -2.30. The van der Waals surface area contributed by atoms with E-state index in [4.69, 9.17) is 14.2 Å². The molecule has 0 fully saturated rings. The average Bonchev–Trinajstić information content (AvgIpc) is 3.23. The quantitative estimate of drug-likeness (QED) is 0.0264. The molecule has 0 rings (SSSR count). The van der Waals surface area contributed by atoms with Gasteiger partial charge in [0.2, 0.25) is 0 Å². The van der Waals surface area contributed by atoms with E-state index in [1.54, 1.807) is 0 Å². The van der Waals surface area contributed by atoms with Crippen LogP contribution in [0.3, 0.4) is 0 Å². The molecule has 6 heteroatoms. The van der Waals surface area contributed by atoms with E-state index in [1.807, 2.05) is 0 Å². The number of ether oxygens (including phenoxy) is 3. The minimum absolute atomic E-state index is 0.0994. The number of allylic oxidation sites excluding steroid dienone is 12. The summed E-state index contributed by atoms with van der Waals surface area (Å²) < 4.78 is 16.7. The highest BCUT2D eigenvalue weighted by Crippen LogP contribution is 2.13. The highest BCUT2D eigenvalue weighted by atomic mass is 16.6. The lowest BCUT2D eigenvalue weighted by molar-refractivity contribution is -0.167. The molecule has 338 valence electrons. The van der Waals surface area contributed by atoms with Crippen LogP contribution < -0.4 is 0 Å². The van der Waals surface area contributed by atoms with E-state index in [0.29, 0.717) is 19.3 Å². The molecule has 6 nitrogen and oxygen atoms in total. The molecular formula is C53H90O6. The van der Waals surface area contributed by atoms with E-state index in [0.717, 1.165) is 89.9 Å². The molecule has 0 aromatic carbocycles. The molecule has 0 aromatic heterocycles. The molecule has 0 spiro atoms. The number of esters is 3. The van der Waals surface area contributed by atoms with E-state index >= 15 is 0 Å². The molecular weight excluding hydrogens is 733 g/mol. The summed E-state index contributed by atoms with van der Waals surface area (Å²) in [4.78, 5) is 37.9. The third kappa shape index (κ3) is 45.8. The zero-order chi connectivity index (χ0) is 43.0. The standard InChI is InChI=1S/C53H90O6/c1-4-7-10-13-16-19-22-25-26-29-32-35-38-41-44-47-53(56)59-50(48-57-51(54)45-42-39-36-33-30-27-23-20-17-14-11-8-5-2)49-58-52(55)46-43-40-37-34-31-28-24-21-18-15-12-9-6-3/h7,10,16,19-21,23-26,32,35,50H,4-6,8-9,11-15,17-18,22,27-31,33-34,36-49H2,1-3H3/b10-7-,19-16-,23-20-,24-21-,26-25-,35-32-. The monoisotopic (exact) mass is 823 g/mol. The molecule has 0 aliphatic rings. The maximum absolute atomic E-state index is 12.7. The van der Waals surface area contributed by atoms with Crippen molar-refractivity contribution in [1.29, 1.82) is 0 Å². The van der Waals surface area contributed by atoms with Crippen molar-refractivity contribution in [3.63, 3.8) is 0 Å². The number of rotatable bonds is 43. The van der Waals surface area contributed by atoms with Gasteiger partial charge in [-0.15, -0.1) is 0 Å². The second-order valence-corrected chi connectivity index (χ2v) is 16.0. The zero-order valence-electron chi connectivity index (χ0n) is 38.5. The van der Waals surface area contributed by atoms with Gasteiger partial charge in [-0.1, -0.05) is 171 Å². The first-order chi connectivity index (χ1) is 29.0. The van der Waals surface area contributed by atoms with Gasteiger partial charge < -0.3 is 14.2 Å². The van der Waals surface area contributed by atoms with E-state index in [-0.39, 0.29) is 37.5 Å². The number of hydrogen-bond acceptors (Lipinski definition) is 6. The van der Waals surface area contributed by atoms with Crippen LogP contribution in [0.25, 0.3) is 0 Å². The first kappa shape index (κ1) is 55.9. The van der Waals surface area contributed by atoms with Gasteiger partial charge in [-0.3, -0.25) is 14.4 Å². The fourth-order valence-electron chi connectivity index (χ4n) is 6.48. The third-order valence-electron chi connectivity index (χ3n) is 10.2. The van der Waals surface area contributed by atoms with Crippen LogP contribution in [0.1, 0.15) is 226 Å². The molecule has 0 unspecified atom stereocenters. The maximum Gasteiger partial charge on any atom is 0.306 e. The second-order valence-electron chi connectivity index (χ2n) is 16.0. The Hall–Kier alpha value is -3.15. The van der Waals surface area contributed by atoms with Gasteiger partial charge in [0.1, 0.15) is 13.2 Å². The third-order valence-corrected chi connectivity index (χ3v) is 10.2. The number of carbonyl (C=O) groups excluding carboxylic acids is 3. The predicted molar refractivity (Wildman–Crippen MR) is 251 cm³/mol. The summed E-state index contributed by atoms with van der Waals surface area (Å²) in [6, 6.07) is 0. The van der Waals surface area contributed by atoms with Gasteiger partial charge in [0, 0.05) is 19.3 Å². The molecule has 0 saturated heterocycles. The van der Waals surface area contributed by atoms with Crippen molar-refractivity contribution >= 4 is 17.9 Å². The lowest BCUT2D eigenvalue weighted by atomic mass is 10.1. The Labute approximate surface area is 363 Å². The van der Waals surface area contributed by atoms with Crippen molar-refractivity contribution in [1.82, 2.24) is 0 Å². The van der Waals surface area contributed by atoms with Gasteiger partial charge >= 0.3 is 17.9 Å². The summed E-state index contributed by atoms with van der Waals surface area (Å²) in [6.07, 6.45) is 58.8. The van der Waals surface area contributed by atoms with Gasteiger partial charge in [-0.25, -0.2) is 0 Å². The Bertz CT molecular complexity index is 1080. The van der Waals surface area contributed by atoms with Crippen molar-refractivity contribution in [2.75, 3.05) is 13.2 Å². The summed E-state index contributed by atoms with van der Waals surface area (Å²) >= 11 is 0. The minimum atomic E-state index is -0.802. The number of hydrogen-bond donors (Lipinski definition) is 0. The van der Waals surface area contributed by atoms with Crippen molar-refractivity contribution < 1.29 is 28.6 Å². The normalized spacial score (nSPS) is 12.2. The van der Waals surface area contributed by atoms with E-state index < -0.39 is 6.10 Å². The smallest absolute Gasteiger partial charge is 0.306 e. The van der Waals surface area contributed by atoms with Crippen LogP contribution in [0.2, 0.25) is 0 Å². The van der Waals surface area contributed by atoms with E-state index in [1.165, 1.54) is 89.9 Å². The summed E-state index contributed by atoms with van der Waals surface area (Å²) in [7, 11) is 0. The molecule has 0 saturated carbocycles. The highest BCUT2D eigenvalue weighted by Gasteiger charge is 2.19. The molecule has 0 aliphatic carbocycles. The Balaban J connectivity index is 4.49. The SMILES string of the molecule is CC/C=C\C/C=C\C/C=C\C/C=C\CCCCC(=O)OC(COC(=O)CCCCCCC/C=C\CCCCCC)COC(=O)CCCCCCC/C=C\CCCCCC. The zero-order valence-corrected chi connectivity index (χ0v) is 38.5. The van der Waals surface area contributed by atoms with E-state index in [9.17, 15) is 14.4 Å². The van der Waals surface area contributed by atoms with Crippen LogP contribution >= 0.6 is 0 Å². The fraction of sp³-hybridized carbons (Fsp3) is 0.717. The Morgan fingerprint density at radius 1 is 0.356 bits per heavy atom. The van der Waals surface area contributed by atoms with Gasteiger partial charge in [0.25, 0.3) is 0 Å². The molecule has 0 amide bonds. The van der Waals surface area contributed by atoms with Gasteiger partial charge in [-0.2, -0.15) is 0 Å². The summed E-state index contributed by atoms with van der Waals surface area (Å²) in [5.74, 6) is -0.961. The van der Waals surface area contributed by atoms with Crippen LogP contribution in [-0.2, 0) is 28.6 Å². The summed E-state index contributed by atoms with van der Waals surface area (Å²) in [6.45, 7) is 6.43. The minimum Gasteiger partial charge on any atom is -0.462 e.